The molecule has 0 saturated heterocycles. The Morgan fingerprint density at radius 1 is 1.22 bits per heavy atom. The van der Waals surface area contributed by atoms with E-state index >= 15 is 0 Å². The first-order valence-corrected chi connectivity index (χ1v) is 7.89. The van der Waals surface area contributed by atoms with E-state index in [-0.39, 0.29) is 5.97 Å². The number of pyridine rings is 1. The average molecular weight is 334 g/mol. The summed E-state index contributed by atoms with van der Waals surface area (Å²) in [5.74, 6) is 0.498. The summed E-state index contributed by atoms with van der Waals surface area (Å²) in [7, 11) is 0. The van der Waals surface area contributed by atoms with Gasteiger partial charge >= 0.3 is 5.97 Å². The van der Waals surface area contributed by atoms with Gasteiger partial charge in [0.05, 0.1) is 18.7 Å². The number of ether oxygens (including phenoxy) is 1. The van der Waals surface area contributed by atoms with Crippen molar-refractivity contribution < 1.29 is 9.53 Å². The van der Waals surface area contributed by atoms with Crippen molar-refractivity contribution in [3.8, 4) is 0 Å². The molecule has 0 aliphatic heterocycles. The van der Waals surface area contributed by atoms with Crippen LogP contribution in [0.4, 0.5) is 11.5 Å². The van der Waals surface area contributed by atoms with Crippen molar-refractivity contribution in [2.75, 3.05) is 23.8 Å². The zero-order chi connectivity index (χ0) is 16.5. The number of benzene rings is 1. The highest BCUT2D eigenvalue weighted by atomic mass is 35.5. The smallest absolute Gasteiger partial charge is 0.307 e. The molecule has 2 N–H and O–H groups in total. The lowest BCUT2D eigenvalue weighted by atomic mass is 10.2. The number of esters is 1. The predicted molar refractivity (Wildman–Crippen MR) is 92.8 cm³/mol. The molecule has 1 aromatic heterocycles. The maximum Gasteiger partial charge on any atom is 0.307 e. The van der Waals surface area contributed by atoms with Gasteiger partial charge in [-0.15, -0.1) is 0 Å². The van der Waals surface area contributed by atoms with Crippen molar-refractivity contribution in [1.82, 2.24) is 4.98 Å². The number of carbonyl (C=O) groups excluding carboxylic acids is 1. The van der Waals surface area contributed by atoms with Crippen molar-refractivity contribution in [3.63, 3.8) is 0 Å². The van der Waals surface area contributed by atoms with Crippen molar-refractivity contribution in [2.45, 2.75) is 19.9 Å². The summed E-state index contributed by atoms with van der Waals surface area (Å²) in [6, 6.07) is 11.5. The lowest BCUT2D eigenvalue weighted by Crippen LogP contribution is -2.13. The van der Waals surface area contributed by atoms with Crippen LogP contribution in [0.5, 0.6) is 0 Å². The molecular formula is C17H20ClN3O2. The van der Waals surface area contributed by atoms with Gasteiger partial charge in [-0.1, -0.05) is 23.7 Å². The molecule has 2 aromatic rings. The zero-order valence-corrected chi connectivity index (χ0v) is 13.8. The molecule has 0 atom stereocenters. The Kier molecular flexibility index (Phi) is 6.69. The minimum absolute atomic E-state index is 0.216. The van der Waals surface area contributed by atoms with Gasteiger partial charge in [-0.05, 0) is 36.8 Å². The van der Waals surface area contributed by atoms with E-state index in [1.165, 1.54) is 0 Å². The highest BCUT2D eigenvalue weighted by Gasteiger charge is 2.05. The van der Waals surface area contributed by atoms with Crippen molar-refractivity contribution in [1.29, 1.82) is 0 Å². The van der Waals surface area contributed by atoms with Gasteiger partial charge in [0.15, 0.2) is 0 Å². The molecule has 0 bridgehead atoms. The molecule has 6 heteroatoms. The molecule has 0 radical (unpaired) electrons. The lowest BCUT2D eigenvalue weighted by Gasteiger charge is -2.12. The summed E-state index contributed by atoms with van der Waals surface area (Å²) in [5.41, 5.74) is 2.00. The molecule has 0 aliphatic carbocycles. The van der Waals surface area contributed by atoms with Gasteiger partial charge in [0.25, 0.3) is 0 Å². The number of halogens is 1. The number of hydrogen-bond acceptors (Lipinski definition) is 5. The molecule has 0 saturated carbocycles. The number of nitrogens with one attached hydrogen (secondary N) is 2. The fourth-order valence-electron chi connectivity index (χ4n) is 2.00. The van der Waals surface area contributed by atoms with Gasteiger partial charge < -0.3 is 15.4 Å². The normalized spacial score (nSPS) is 10.2. The number of carbonyl (C=O) groups is 1. The maximum atomic E-state index is 11.3. The highest BCUT2D eigenvalue weighted by molar-refractivity contribution is 6.30. The first kappa shape index (κ1) is 17.1. The largest absolute Gasteiger partial charge is 0.466 e. The standard InChI is InChI=1S/C17H20ClN3O2/c1-2-23-16(22)9-11-20-17-15(4-3-10-19-17)21-12-13-5-7-14(18)8-6-13/h3-8,10,21H,2,9,11-12H2,1H3,(H,19,20). The van der Waals surface area contributed by atoms with Crippen LogP contribution in [0.3, 0.4) is 0 Å². The molecular weight excluding hydrogens is 314 g/mol. The van der Waals surface area contributed by atoms with E-state index in [1.54, 1.807) is 13.1 Å². The topological polar surface area (TPSA) is 63.2 Å². The van der Waals surface area contributed by atoms with Gasteiger partial charge in [0.2, 0.25) is 0 Å². The summed E-state index contributed by atoms with van der Waals surface area (Å²) in [4.78, 5) is 15.6. The van der Waals surface area contributed by atoms with Gasteiger partial charge in [-0.3, -0.25) is 4.79 Å². The molecule has 0 amide bonds. The fourth-order valence-corrected chi connectivity index (χ4v) is 2.13. The SMILES string of the molecule is CCOC(=O)CCNc1ncccc1NCc1ccc(Cl)cc1. The maximum absolute atomic E-state index is 11.3. The number of aromatic nitrogens is 1. The van der Waals surface area contributed by atoms with E-state index < -0.39 is 0 Å². The van der Waals surface area contributed by atoms with Crippen LogP contribution in [0, 0.1) is 0 Å². The van der Waals surface area contributed by atoms with Crippen LogP contribution < -0.4 is 10.6 Å². The van der Waals surface area contributed by atoms with E-state index in [1.807, 2.05) is 36.4 Å². The average Bonchev–Trinajstić information content (AvgIpc) is 2.56. The van der Waals surface area contributed by atoms with Gasteiger partial charge in [-0.25, -0.2) is 4.98 Å². The first-order chi connectivity index (χ1) is 11.2. The van der Waals surface area contributed by atoms with E-state index in [2.05, 4.69) is 15.6 Å². The van der Waals surface area contributed by atoms with Crippen LogP contribution in [0.15, 0.2) is 42.6 Å². The van der Waals surface area contributed by atoms with E-state index in [4.69, 9.17) is 16.3 Å². The second-order valence-corrected chi connectivity index (χ2v) is 5.30. The molecule has 5 nitrogen and oxygen atoms in total. The van der Waals surface area contributed by atoms with Crippen molar-refractivity contribution in [2.24, 2.45) is 0 Å². The van der Waals surface area contributed by atoms with Crippen LogP contribution in [-0.2, 0) is 16.1 Å². The molecule has 0 aliphatic rings. The quantitative estimate of drug-likeness (QED) is 0.721. The van der Waals surface area contributed by atoms with E-state index in [0.29, 0.717) is 31.9 Å². The Labute approximate surface area is 141 Å². The Morgan fingerprint density at radius 3 is 2.74 bits per heavy atom. The number of anilines is 2. The van der Waals surface area contributed by atoms with Crippen LogP contribution in [-0.4, -0.2) is 24.1 Å². The predicted octanol–water partition coefficient (Wildman–Crippen LogP) is 3.71. The summed E-state index contributed by atoms with van der Waals surface area (Å²) in [5, 5.41) is 7.20. The second kappa shape index (κ2) is 9.00. The van der Waals surface area contributed by atoms with Crippen LogP contribution >= 0.6 is 11.6 Å². The number of hydrogen-bond donors (Lipinski definition) is 2. The molecule has 1 heterocycles. The van der Waals surface area contributed by atoms with Gasteiger partial charge in [0, 0.05) is 24.3 Å². The number of rotatable bonds is 8. The zero-order valence-electron chi connectivity index (χ0n) is 13.0. The van der Waals surface area contributed by atoms with Crippen LogP contribution in [0.2, 0.25) is 5.02 Å². The number of nitrogens with zero attached hydrogens (tertiary/aromatic N) is 1. The van der Waals surface area contributed by atoms with Crippen molar-refractivity contribution in [3.05, 3.63) is 53.2 Å². The minimum atomic E-state index is -0.216. The molecule has 23 heavy (non-hydrogen) atoms. The molecule has 0 unspecified atom stereocenters. The van der Waals surface area contributed by atoms with E-state index in [9.17, 15) is 4.79 Å². The first-order valence-electron chi connectivity index (χ1n) is 7.52. The summed E-state index contributed by atoms with van der Waals surface area (Å²) >= 11 is 5.88. The Balaban J connectivity index is 1.89. The fraction of sp³-hybridized carbons (Fsp3) is 0.294. The van der Waals surface area contributed by atoms with Gasteiger partial charge in [-0.2, -0.15) is 0 Å². The summed E-state index contributed by atoms with van der Waals surface area (Å²) in [6.07, 6.45) is 2.02. The second-order valence-electron chi connectivity index (χ2n) is 4.86. The van der Waals surface area contributed by atoms with Crippen LogP contribution in [0.1, 0.15) is 18.9 Å². The van der Waals surface area contributed by atoms with E-state index in [0.717, 1.165) is 16.3 Å². The third-order valence-corrected chi connectivity index (χ3v) is 3.38. The molecule has 0 fully saturated rings. The lowest BCUT2D eigenvalue weighted by molar-refractivity contribution is -0.142. The summed E-state index contributed by atoms with van der Waals surface area (Å²) in [6.45, 7) is 3.33. The van der Waals surface area contributed by atoms with Gasteiger partial charge in [0.1, 0.15) is 5.82 Å². The Morgan fingerprint density at radius 2 is 2.00 bits per heavy atom. The highest BCUT2D eigenvalue weighted by Crippen LogP contribution is 2.19. The third-order valence-electron chi connectivity index (χ3n) is 3.13. The van der Waals surface area contributed by atoms with Crippen molar-refractivity contribution >= 4 is 29.1 Å². The molecule has 2 rings (SSSR count). The molecule has 122 valence electrons. The third kappa shape index (κ3) is 5.79. The Bertz CT molecular complexity index is 632. The molecule has 0 spiro atoms. The monoisotopic (exact) mass is 333 g/mol. The van der Waals surface area contributed by atoms with Crippen LogP contribution in [0.25, 0.3) is 0 Å². The summed E-state index contributed by atoms with van der Waals surface area (Å²) < 4.78 is 4.90. The Hall–Kier alpha value is -2.27. The minimum Gasteiger partial charge on any atom is -0.466 e. The molecule has 1 aromatic carbocycles.